The maximum absolute atomic E-state index is 11.6. The van der Waals surface area contributed by atoms with Gasteiger partial charge in [0, 0.05) is 6.42 Å². The molecule has 0 radical (unpaired) electrons. The van der Waals surface area contributed by atoms with Crippen molar-refractivity contribution in [3.8, 4) is 0 Å². The first-order chi connectivity index (χ1) is 10.6. The normalized spacial score (nSPS) is 23.3. The molecule has 6 heteroatoms. The van der Waals surface area contributed by atoms with Crippen molar-refractivity contribution >= 4 is 5.97 Å². The lowest BCUT2D eigenvalue weighted by Crippen LogP contribution is -2.41. The molecule has 0 aliphatic carbocycles. The second-order valence-electron chi connectivity index (χ2n) is 7.17. The summed E-state index contributed by atoms with van der Waals surface area (Å²) in [4.78, 5) is 11.6. The van der Waals surface area contributed by atoms with E-state index in [1.807, 2.05) is 34.6 Å². The van der Waals surface area contributed by atoms with Crippen molar-refractivity contribution in [2.24, 2.45) is 5.41 Å². The zero-order valence-electron chi connectivity index (χ0n) is 14.8. The average Bonchev–Trinajstić information content (AvgIpc) is 2.80. The second-order valence-corrected chi connectivity index (χ2v) is 7.17. The van der Waals surface area contributed by atoms with E-state index in [1.165, 1.54) is 6.08 Å². The van der Waals surface area contributed by atoms with Crippen LogP contribution in [-0.2, 0) is 23.7 Å². The number of hydrogen-bond donors (Lipinski definition) is 1. The molecule has 23 heavy (non-hydrogen) atoms. The van der Waals surface area contributed by atoms with E-state index < -0.39 is 23.4 Å². The summed E-state index contributed by atoms with van der Waals surface area (Å²) >= 11 is 0. The van der Waals surface area contributed by atoms with Gasteiger partial charge in [-0.1, -0.05) is 6.08 Å². The molecule has 1 fully saturated rings. The summed E-state index contributed by atoms with van der Waals surface area (Å²) in [5, 5.41) is 10.0. The topological polar surface area (TPSA) is 74.2 Å². The largest absolute Gasteiger partial charge is 0.465 e. The Hall–Kier alpha value is -0.950. The van der Waals surface area contributed by atoms with Crippen LogP contribution in [0.4, 0.5) is 0 Å². The Kier molecular flexibility index (Phi) is 7.20. The predicted octanol–water partition coefficient (Wildman–Crippen LogP) is 2.05. The first-order valence-electron chi connectivity index (χ1n) is 7.98. The Bertz CT molecular complexity index is 398. The third-order valence-corrected chi connectivity index (χ3v) is 3.42. The Morgan fingerprint density at radius 3 is 2.57 bits per heavy atom. The molecule has 6 nitrogen and oxygen atoms in total. The molecular formula is C17H30O6. The number of aliphatic hydroxyl groups excluding tert-OH is 1. The standard InChI is InChI=1S/C17H30O6/c1-7-12(18)14(13-11-22-17(5,6)23-13)20-9-8-10-21-15(19)16(2,3)4/h7,12-14,18H,1,8-11H2,2-6H3/t12-,13-,14+/m1/s1. The van der Waals surface area contributed by atoms with E-state index in [9.17, 15) is 9.90 Å². The van der Waals surface area contributed by atoms with E-state index >= 15 is 0 Å². The highest BCUT2D eigenvalue weighted by molar-refractivity contribution is 5.75. The fraction of sp³-hybridized carbons (Fsp3) is 0.824. The summed E-state index contributed by atoms with van der Waals surface area (Å²) in [6, 6.07) is 0. The molecule has 134 valence electrons. The molecule has 0 amide bonds. The average molecular weight is 330 g/mol. The maximum Gasteiger partial charge on any atom is 0.311 e. The SMILES string of the molecule is C=C[C@@H](O)[C@H](OCCCOC(=O)C(C)(C)C)[C@H]1COC(C)(C)O1. The fourth-order valence-electron chi connectivity index (χ4n) is 2.10. The van der Waals surface area contributed by atoms with E-state index in [1.54, 1.807) is 0 Å². The van der Waals surface area contributed by atoms with Crippen LogP contribution in [0.5, 0.6) is 0 Å². The fourth-order valence-corrected chi connectivity index (χ4v) is 2.10. The Labute approximate surface area is 138 Å². The molecule has 0 unspecified atom stereocenters. The van der Waals surface area contributed by atoms with Crippen LogP contribution in [0.15, 0.2) is 12.7 Å². The first-order valence-corrected chi connectivity index (χ1v) is 7.98. The van der Waals surface area contributed by atoms with Crippen LogP contribution in [0.2, 0.25) is 0 Å². The van der Waals surface area contributed by atoms with E-state index in [2.05, 4.69) is 6.58 Å². The quantitative estimate of drug-likeness (QED) is 0.417. The van der Waals surface area contributed by atoms with Crippen molar-refractivity contribution in [2.75, 3.05) is 19.8 Å². The third kappa shape index (κ3) is 6.59. The van der Waals surface area contributed by atoms with Crippen LogP contribution in [-0.4, -0.2) is 55.0 Å². The van der Waals surface area contributed by atoms with Gasteiger partial charge in [-0.15, -0.1) is 6.58 Å². The highest BCUT2D eigenvalue weighted by atomic mass is 16.7. The number of rotatable bonds is 8. The van der Waals surface area contributed by atoms with E-state index in [0.29, 0.717) is 19.6 Å². The summed E-state index contributed by atoms with van der Waals surface area (Å²) in [5.41, 5.74) is -0.511. The minimum Gasteiger partial charge on any atom is -0.465 e. The van der Waals surface area contributed by atoms with Gasteiger partial charge >= 0.3 is 5.97 Å². The molecular weight excluding hydrogens is 300 g/mol. The molecule has 0 aromatic heterocycles. The molecule has 1 saturated heterocycles. The lowest BCUT2D eigenvalue weighted by Gasteiger charge is -2.27. The van der Waals surface area contributed by atoms with Crippen LogP contribution in [0, 0.1) is 5.41 Å². The zero-order valence-corrected chi connectivity index (χ0v) is 14.8. The Morgan fingerprint density at radius 1 is 1.43 bits per heavy atom. The van der Waals surface area contributed by atoms with Crippen LogP contribution in [0.3, 0.4) is 0 Å². The molecule has 1 N–H and O–H groups in total. The summed E-state index contributed by atoms with van der Waals surface area (Å²) in [5.74, 6) is -0.926. The summed E-state index contributed by atoms with van der Waals surface area (Å²) in [6.45, 7) is 13.6. The van der Waals surface area contributed by atoms with Crippen molar-refractivity contribution < 1.29 is 28.8 Å². The Balaban J connectivity index is 2.38. The minimum absolute atomic E-state index is 0.241. The van der Waals surface area contributed by atoms with E-state index in [-0.39, 0.29) is 18.7 Å². The molecule has 1 rings (SSSR count). The first kappa shape index (κ1) is 20.1. The van der Waals surface area contributed by atoms with Gasteiger partial charge in [0.2, 0.25) is 0 Å². The zero-order chi connectivity index (χ0) is 17.7. The van der Waals surface area contributed by atoms with Gasteiger partial charge < -0.3 is 24.1 Å². The van der Waals surface area contributed by atoms with Crippen molar-refractivity contribution in [1.29, 1.82) is 0 Å². The van der Waals surface area contributed by atoms with Gasteiger partial charge in [-0.05, 0) is 34.6 Å². The van der Waals surface area contributed by atoms with Gasteiger partial charge in [-0.2, -0.15) is 0 Å². The monoisotopic (exact) mass is 330 g/mol. The van der Waals surface area contributed by atoms with Crippen molar-refractivity contribution in [3.05, 3.63) is 12.7 Å². The lowest BCUT2D eigenvalue weighted by molar-refractivity contribution is -0.167. The van der Waals surface area contributed by atoms with Gasteiger partial charge in [-0.25, -0.2) is 0 Å². The molecule has 0 aromatic rings. The number of aliphatic hydroxyl groups is 1. The smallest absolute Gasteiger partial charge is 0.311 e. The lowest BCUT2D eigenvalue weighted by atomic mass is 9.97. The van der Waals surface area contributed by atoms with Gasteiger partial charge in [0.05, 0.1) is 25.2 Å². The Morgan fingerprint density at radius 2 is 2.09 bits per heavy atom. The number of esters is 1. The van der Waals surface area contributed by atoms with Gasteiger partial charge in [0.15, 0.2) is 5.79 Å². The van der Waals surface area contributed by atoms with Crippen LogP contribution in [0.1, 0.15) is 41.0 Å². The number of ether oxygens (including phenoxy) is 4. The van der Waals surface area contributed by atoms with Crippen molar-refractivity contribution in [3.63, 3.8) is 0 Å². The van der Waals surface area contributed by atoms with Crippen LogP contribution in [0.25, 0.3) is 0 Å². The van der Waals surface area contributed by atoms with E-state index in [4.69, 9.17) is 18.9 Å². The van der Waals surface area contributed by atoms with E-state index in [0.717, 1.165) is 0 Å². The predicted molar refractivity (Wildman–Crippen MR) is 85.9 cm³/mol. The third-order valence-electron chi connectivity index (χ3n) is 3.42. The summed E-state index contributed by atoms with van der Waals surface area (Å²) in [7, 11) is 0. The summed E-state index contributed by atoms with van der Waals surface area (Å²) < 4.78 is 22.1. The molecule has 0 spiro atoms. The minimum atomic E-state index is -0.852. The molecule has 1 heterocycles. The molecule has 0 saturated carbocycles. The highest BCUT2D eigenvalue weighted by Crippen LogP contribution is 2.27. The van der Waals surface area contributed by atoms with Gasteiger partial charge in [0.1, 0.15) is 18.3 Å². The van der Waals surface area contributed by atoms with Crippen LogP contribution >= 0.6 is 0 Å². The molecule has 1 aliphatic heterocycles. The molecule has 0 bridgehead atoms. The molecule has 3 atom stereocenters. The number of hydrogen-bond acceptors (Lipinski definition) is 6. The van der Waals surface area contributed by atoms with Crippen LogP contribution < -0.4 is 0 Å². The van der Waals surface area contributed by atoms with Gasteiger partial charge in [-0.3, -0.25) is 4.79 Å². The number of carbonyl (C=O) groups excluding carboxylic acids is 1. The highest BCUT2D eigenvalue weighted by Gasteiger charge is 2.40. The molecule has 0 aromatic carbocycles. The number of carbonyl (C=O) groups is 1. The van der Waals surface area contributed by atoms with Crippen molar-refractivity contribution in [1.82, 2.24) is 0 Å². The summed E-state index contributed by atoms with van der Waals surface area (Å²) in [6.07, 6.45) is 0.176. The molecule has 1 aliphatic rings. The second kappa shape index (κ2) is 8.24. The van der Waals surface area contributed by atoms with Crippen molar-refractivity contribution in [2.45, 2.75) is 65.1 Å². The maximum atomic E-state index is 11.6. The van der Waals surface area contributed by atoms with Gasteiger partial charge in [0.25, 0.3) is 0 Å².